The molecule has 0 spiro atoms. The second kappa shape index (κ2) is 6.95. The van der Waals surface area contributed by atoms with Crippen LogP contribution in [0.1, 0.15) is 16.4 Å². The topological polar surface area (TPSA) is 113 Å². The number of nitrogens with zero attached hydrogens (tertiary/aromatic N) is 3. The van der Waals surface area contributed by atoms with E-state index in [0.29, 0.717) is 19.0 Å². The number of oxazole rings is 1. The molecule has 130 valence electrons. The summed E-state index contributed by atoms with van der Waals surface area (Å²) in [5.41, 5.74) is 0.0778. The largest absolute Gasteiger partial charge is 0.464 e. The summed E-state index contributed by atoms with van der Waals surface area (Å²) in [6, 6.07) is 0. The molecule has 0 amide bonds. The zero-order valence-electron chi connectivity index (χ0n) is 13.3. The van der Waals surface area contributed by atoms with Crippen LogP contribution in [0.15, 0.2) is 10.7 Å². The molecule has 1 N–H and O–H groups in total. The summed E-state index contributed by atoms with van der Waals surface area (Å²) >= 11 is 0. The van der Waals surface area contributed by atoms with Crippen molar-refractivity contribution in [2.24, 2.45) is 5.92 Å². The van der Waals surface area contributed by atoms with Crippen LogP contribution in [0.25, 0.3) is 0 Å². The molecule has 1 aromatic heterocycles. The first-order valence-corrected chi connectivity index (χ1v) is 8.67. The van der Waals surface area contributed by atoms with Crippen LogP contribution in [0.5, 0.6) is 0 Å². The van der Waals surface area contributed by atoms with Gasteiger partial charge in [-0.2, -0.15) is 0 Å². The summed E-state index contributed by atoms with van der Waals surface area (Å²) in [7, 11) is 0.814. The molecule has 0 saturated carbocycles. The molecule has 1 fully saturated rings. The lowest BCUT2D eigenvalue weighted by Gasteiger charge is -2.17. The smallest absolute Gasteiger partial charge is 0.360 e. The molecule has 0 radical (unpaired) electrons. The van der Waals surface area contributed by atoms with Crippen LogP contribution in [0.4, 0.5) is 0 Å². The van der Waals surface area contributed by atoms with Gasteiger partial charge in [0.2, 0.25) is 15.9 Å². The van der Waals surface area contributed by atoms with Crippen molar-refractivity contribution in [1.82, 2.24) is 14.2 Å². The number of carbonyl (C=O) groups excluding carboxylic acids is 1. The summed E-state index contributed by atoms with van der Waals surface area (Å²) in [5.74, 6) is -0.765. The van der Waals surface area contributed by atoms with Gasteiger partial charge < -0.3 is 14.3 Å². The zero-order chi connectivity index (χ0) is 17.2. The summed E-state index contributed by atoms with van der Waals surface area (Å²) < 4.78 is 34.7. The molecule has 0 aliphatic carbocycles. The number of ether oxygens (including phenoxy) is 1. The van der Waals surface area contributed by atoms with Gasteiger partial charge in [-0.3, -0.25) is 4.90 Å². The lowest BCUT2D eigenvalue weighted by atomic mass is 10.1. The van der Waals surface area contributed by atoms with Gasteiger partial charge in [-0.25, -0.2) is 22.5 Å². The summed E-state index contributed by atoms with van der Waals surface area (Å²) in [5, 5.41) is 10.1. The van der Waals surface area contributed by atoms with Crippen molar-refractivity contribution in [3.63, 3.8) is 0 Å². The number of hydrogen-bond acceptors (Lipinski definition) is 8. The number of hydrogen-bond donors (Lipinski definition) is 1. The van der Waals surface area contributed by atoms with Gasteiger partial charge in [-0.05, 0) is 0 Å². The van der Waals surface area contributed by atoms with Crippen LogP contribution >= 0.6 is 0 Å². The average molecular weight is 347 g/mol. The number of likely N-dealkylation sites (tertiary alicyclic amines) is 1. The molecule has 10 heteroatoms. The van der Waals surface area contributed by atoms with Crippen molar-refractivity contribution in [3.05, 3.63) is 17.8 Å². The number of aliphatic hydroxyl groups excluding tert-OH is 1. The summed E-state index contributed by atoms with van der Waals surface area (Å²) in [6.45, 7) is 1.01. The van der Waals surface area contributed by atoms with Crippen LogP contribution < -0.4 is 0 Å². The van der Waals surface area contributed by atoms with E-state index in [-0.39, 0.29) is 23.9 Å². The van der Waals surface area contributed by atoms with Crippen LogP contribution in [0, 0.1) is 5.92 Å². The maximum atomic E-state index is 11.9. The van der Waals surface area contributed by atoms with Gasteiger partial charge in [0.05, 0.1) is 25.5 Å². The molecule has 2 atom stereocenters. The molecule has 9 nitrogen and oxygen atoms in total. The van der Waals surface area contributed by atoms with Crippen molar-refractivity contribution >= 4 is 16.0 Å². The fourth-order valence-corrected chi connectivity index (χ4v) is 3.59. The average Bonchev–Trinajstić information content (AvgIpc) is 3.05. The molecule has 1 aromatic rings. The molecule has 23 heavy (non-hydrogen) atoms. The normalized spacial score (nSPS) is 22.7. The SMILES string of the molecule is COC(=O)c1coc(CN2C[C@@H](CS(=O)(=O)N(C)C)[C@H](O)C2)n1. The molecular weight excluding hydrogens is 326 g/mol. The Kier molecular flexibility index (Phi) is 5.40. The van der Waals surface area contributed by atoms with Gasteiger partial charge in [-0.15, -0.1) is 0 Å². The second-order valence-corrected chi connectivity index (χ2v) is 7.93. The number of esters is 1. The molecule has 2 rings (SSSR count). The Hall–Kier alpha value is -1.49. The molecular formula is C13H21N3O6S. The highest BCUT2D eigenvalue weighted by molar-refractivity contribution is 7.89. The first-order chi connectivity index (χ1) is 10.7. The molecule has 1 aliphatic rings. The second-order valence-electron chi connectivity index (χ2n) is 5.70. The van der Waals surface area contributed by atoms with Crippen LogP contribution in [-0.2, 0) is 21.3 Å². The molecule has 0 bridgehead atoms. The van der Waals surface area contributed by atoms with E-state index in [2.05, 4.69) is 9.72 Å². The Balaban J connectivity index is 1.96. The van der Waals surface area contributed by atoms with Crippen LogP contribution in [0.3, 0.4) is 0 Å². The lowest BCUT2D eigenvalue weighted by molar-refractivity contribution is 0.0594. The summed E-state index contributed by atoms with van der Waals surface area (Å²) in [6.07, 6.45) is 0.474. The highest BCUT2D eigenvalue weighted by Crippen LogP contribution is 2.21. The molecule has 1 saturated heterocycles. The van der Waals surface area contributed by atoms with Gasteiger partial charge in [0.25, 0.3) is 0 Å². The number of β-amino-alcohol motifs (C(OH)–C–C–N with tert-alkyl or cyclic N) is 1. The maximum Gasteiger partial charge on any atom is 0.360 e. The van der Waals surface area contributed by atoms with Crippen LogP contribution in [-0.4, -0.2) is 79.8 Å². The van der Waals surface area contributed by atoms with E-state index in [9.17, 15) is 18.3 Å². The van der Waals surface area contributed by atoms with E-state index in [0.717, 1.165) is 4.31 Å². The quantitative estimate of drug-likeness (QED) is 0.662. The minimum absolute atomic E-state index is 0.0778. The zero-order valence-corrected chi connectivity index (χ0v) is 14.1. The highest BCUT2D eigenvalue weighted by atomic mass is 32.2. The molecule has 0 aromatic carbocycles. The number of carbonyl (C=O) groups is 1. The standard InChI is InChI=1S/C13H21N3O6S/c1-15(2)23(19,20)8-9-4-16(5-11(9)17)6-12-14-10(7-22-12)13(18)21-3/h7,9,11,17H,4-6,8H2,1-3H3/t9-,11+/m0/s1. The fraction of sp³-hybridized carbons (Fsp3) is 0.692. The maximum absolute atomic E-state index is 11.9. The molecule has 2 heterocycles. The van der Waals surface area contributed by atoms with Gasteiger partial charge in [0, 0.05) is 33.1 Å². The number of rotatable bonds is 6. The number of methoxy groups -OCH3 is 1. The predicted octanol–water partition coefficient (Wildman–Crippen LogP) is -0.855. The number of aromatic nitrogens is 1. The van der Waals surface area contributed by atoms with Crippen molar-refractivity contribution in [2.45, 2.75) is 12.6 Å². The Labute approximate surface area is 134 Å². The molecule has 0 unspecified atom stereocenters. The minimum Gasteiger partial charge on any atom is -0.464 e. The van der Waals surface area contributed by atoms with E-state index in [1.807, 2.05) is 4.90 Å². The van der Waals surface area contributed by atoms with Crippen molar-refractivity contribution in [2.75, 3.05) is 40.0 Å². The van der Waals surface area contributed by atoms with Crippen molar-refractivity contribution in [3.8, 4) is 0 Å². The van der Waals surface area contributed by atoms with Gasteiger partial charge in [0.15, 0.2) is 5.69 Å². The Morgan fingerprint density at radius 2 is 2.22 bits per heavy atom. The first-order valence-electron chi connectivity index (χ1n) is 7.06. The van der Waals surface area contributed by atoms with E-state index in [4.69, 9.17) is 4.42 Å². The third kappa shape index (κ3) is 4.28. The van der Waals surface area contributed by atoms with E-state index >= 15 is 0 Å². The van der Waals surface area contributed by atoms with Crippen LogP contribution in [0.2, 0.25) is 0 Å². The van der Waals surface area contributed by atoms with Gasteiger partial charge in [-0.1, -0.05) is 0 Å². The predicted molar refractivity (Wildman–Crippen MR) is 80.1 cm³/mol. The molecule has 1 aliphatic heterocycles. The first kappa shape index (κ1) is 17.9. The monoisotopic (exact) mass is 347 g/mol. The Morgan fingerprint density at radius 1 is 1.52 bits per heavy atom. The third-order valence-electron chi connectivity index (χ3n) is 3.77. The van der Waals surface area contributed by atoms with Gasteiger partial charge in [0.1, 0.15) is 6.26 Å². The minimum atomic E-state index is -3.37. The van der Waals surface area contributed by atoms with Crippen molar-refractivity contribution in [1.29, 1.82) is 0 Å². The Morgan fingerprint density at radius 3 is 2.83 bits per heavy atom. The van der Waals surface area contributed by atoms with E-state index in [1.165, 1.54) is 27.5 Å². The number of aliphatic hydroxyl groups is 1. The summed E-state index contributed by atoms with van der Waals surface area (Å²) in [4.78, 5) is 17.2. The number of sulfonamides is 1. The van der Waals surface area contributed by atoms with Crippen molar-refractivity contribution < 1.29 is 27.5 Å². The van der Waals surface area contributed by atoms with Gasteiger partial charge >= 0.3 is 5.97 Å². The Bertz CT molecular complexity index is 656. The van der Waals surface area contributed by atoms with E-state index in [1.54, 1.807) is 0 Å². The fourth-order valence-electron chi connectivity index (χ4n) is 2.43. The lowest BCUT2D eigenvalue weighted by Crippen LogP contribution is -2.33. The highest BCUT2D eigenvalue weighted by Gasteiger charge is 2.35. The third-order valence-corrected chi connectivity index (χ3v) is 5.73. The van der Waals surface area contributed by atoms with E-state index < -0.39 is 22.1 Å².